The Kier molecular flexibility index (Phi) is 6.78. The molecule has 0 aromatic heterocycles. The van der Waals surface area contributed by atoms with E-state index < -0.39 is 0 Å². The van der Waals surface area contributed by atoms with E-state index in [-0.39, 0.29) is 18.2 Å². The van der Waals surface area contributed by atoms with E-state index in [0.717, 1.165) is 28.1 Å². The lowest BCUT2D eigenvalue weighted by Crippen LogP contribution is -2.34. The van der Waals surface area contributed by atoms with Crippen molar-refractivity contribution in [3.05, 3.63) is 59.2 Å². The molecule has 1 N–H and O–H groups in total. The summed E-state index contributed by atoms with van der Waals surface area (Å²) in [6, 6.07) is 13.5. The van der Waals surface area contributed by atoms with Gasteiger partial charge in [0, 0.05) is 37.7 Å². The number of benzene rings is 2. The van der Waals surface area contributed by atoms with Gasteiger partial charge in [-0.25, -0.2) is 0 Å². The van der Waals surface area contributed by atoms with Crippen LogP contribution in [0, 0.1) is 13.8 Å². The van der Waals surface area contributed by atoms with E-state index in [1.54, 1.807) is 12.0 Å². The molecule has 0 aliphatic rings. The largest absolute Gasteiger partial charge is 0.496 e. The lowest BCUT2D eigenvalue weighted by Gasteiger charge is -2.25. The number of carbonyl (C=O) groups is 2. The number of methoxy groups -OCH3 is 1. The van der Waals surface area contributed by atoms with Gasteiger partial charge in [-0.3, -0.25) is 9.59 Å². The first-order valence-electron chi connectivity index (χ1n) is 8.67. The minimum absolute atomic E-state index is 0.0695. The second-order valence-electron chi connectivity index (χ2n) is 6.25. The van der Waals surface area contributed by atoms with Crippen molar-refractivity contribution in [1.82, 2.24) is 5.32 Å². The lowest BCUT2D eigenvalue weighted by atomic mass is 10.1. The first-order chi connectivity index (χ1) is 12.4. The number of para-hydroxylation sites is 2. The van der Waals surface area contributed by atoms with E-state index in [1.165, 1.54) is 6.92 Å². The van der Waals surface area contributed by atoms with Crippen LogP contribution in [0.25, 0.3) is 0 Å². The van der Waals surface area contributed by atoms with Crippen LogP contribution in [-0.2, 0) is 16.1 Å². The third-order valence-corrected chi connectivity index (χ3v) is 4.32. The van der Waals surface area contributed by atoms with Gasteiger partial charge in [0.2, 0.25) is 11.8 Å². The van der Waals surface area contributed by atoms with Crippen LogP contribution in [0.2, 0.25) is 0 Å². The molecule has 0 radical (unpaired) electrons. The van der Waals surface area contributed by atoms with Gasteiger partial charge in [-0.1, -0.05) is 36.4 Å². The van der Waals surface area contributed by atoms with E-state index in [2.05, 4.69) is 5.32 Å². The zero-order valence-electron chi connectivity index (χ0n) is 15.8. The summed E-state index contributed by atoms with van der Waals surface area (Å²) in [4.78, 5) is 26.0. The Balaban J connectivity index is 1.99. The molecule has 2 aromatic rings. The summed E-state index contributed by atoms with van der Waals surface area (Å²) >= 11 is 0. The van der Waals surface area contributed by atoms with E-state index in [4.69, 9.17) is 4.74 Å². The first-order valence-corrected chi connectivity index (χ1v) is 8.67. The Morgan fingerprint density at radius 2 is 1.69 bits per heavy atom. The minimum Gasteiger partial charge on any atom is -0.496 e. The molecule has 2 amide bonds. The highest BCUT2D eigenvalue weighted by molar-refractivity contribution is 5.94. The van der Waals surface area contributed by atoms with Crippen LogP contribution >= 0.6 is 0 Å². The zero-order valence-corrected chi connectivity index (χ0v) is 15.8. The van der Waals surface area contributed by atoms with Crippen molar-refractivity contribution in [2.75, 3.05) is 18.6 Å². The zero-order chi connectivity index (χ0) is 19.1. The van der Waals surface area contributed by atoms with E-state index in [9.17, 15) is 9.59 Å². The fraction of sp³-hybridized carbons (Fsp3) is 0.333. The second kappa shape index (κ2) is 9.04. The molecule has 0 atom stereocenters. The number of aryl methyl sites for hydroxylation is 2. The first kappa shape index (κ1) is 19.5. The molecule has 26 heavy (non-hydrogen) atoms. The molecule has 0 aliphatic carbocycles. The van der Waals surface area contributed by atoms with Gasteiger partial charge in [-0.2, -0.15) is 0 Å². The van der Waals surface area contributed by atoms with Crippen LogP contribution in [0.3, 0.4) is 0 Å². The van der Waals surface area contributed by atoms with Crippen molar-refractivity contribution in [3.63, 3.8) is 0 Å². The number of rotatable bonds is 7. The van der Waals surface area contributed by atoms with Crippen molar-refractivity contribution in [1.29, 1.82) is 0 Å². The highest BCUT2D eigenvalue weighted by Gasteiger charge is 2.17. The highest BCUT2D eigenvalue weighted by atomic mass is 16.5. The molecule has 0 aliphatic heterocycles. The smallest absolute Gasteiger partial charge is 0.223 e. The number of nitrogens with one attached hydrogen (secondary N) is 1. The second-order valence-corrected chi connectivity index (χ2v) is 6.25. The molecule has 138 valence electrons. The Labute approximate surface area is 155 Å². The van der Waals surface area contributed by atoms with Gasteiger partial charge in [-0.15, -0.1) is 0 Å². The van der Waals surface area contributed by atoms with Crippen molar-refractivity contribution in [2.24, 2.45) is 0 Å². The number of hydrogen-bond acceptors (Lipinski definition) is 3. The third-order valence-electron chi connectivity index (χ3n) is 4.32. The molecule has 0 bridgehead atoms. The summed E-state index contributed by atoms with van der Waals surface area (Å²) in [7, 11) is 1.61. The fourth-order valence-corrected chi connectivity index (χ4v) is 3.00. The molecule has 0 spiro atoms. The maximum Gasteiger partial charge on any atom is 0.223 e. The van der Waals surface area contributed by atoms with Gasteiger partial charge in [-0.05, 0) is 31.0 Å². The van der Waals surface area contributed by atoms with Gasteiger partial charge >= 0.3 is 0 Å². The van der Waals surface area contributed by atoms with Gasteiger partial charge in [0.1, 0.15) is 5.75 Å². The summed E-state index contributed by atoms with van der Waals surface area (Å²) in [5.74, 6) is 0.571. The molecule has 5 heteroatoms. The number of anilines is 1. The van der Waals surface area contributed by atoms with Crippen LogP contribution in [0.15, 0.2) is 42.5 Å². The molecule has 0 heterocycles. The van der Waals surface area contributed by atoms with Crippen LogP contribution in [0.4, 0.5) is 5.69 Å². The summed E-state index contributed by atoms with van der Waals surface area (Å²) in [5.41, 5.74) is 3.85. The predicted molar refractivity (Wildman–Crippen MR) is 103 cm³/mol. The van der Waals surface area contributed by atoms with Crippen LogP contribution in [0.5, 0.6) is 5.75 Å². The Morgan fingerprint density at radius 1 is 1.04 bits per heavy atom. The molecule has 0 unspecified atom stereocenters. The van der Waals surface area contributed by atoms with E-state index in [0.29, 0.717) is 13.1 Å². The van der Waals surface area contributed by atoms with Crippen molar-refractivity contribution < 1.29 is 14.3 Å². The summed E-state index contributed by atoms with van der Waals surface area (Å²) in [5, 5.41) is 2.89. The molecule has 5 nitrogen and oxygen atoms in total. The quantitative estimate of drug-likeness (QED) is 0.829. The van der Waals surface area contributed by atoms with E-state index in [1.807, 2.05) is 56.3 Å². The third kappa shape index (κ3) is 4.85. The lowest BCUT2D eigenvalue weighted by molar-refractivity contribution is -0.121. The monoisotopic (exact) mass is 354 g/mol. The van der Waals surface area contributed by atoms with Crippen LogP contribution < -0.4 is 15.0 Å². The Morgan fingerprint density at radius 3 is 2.31 bits per heavy atom. The minimum atomic E-state index is -0.103. The average Bonchev–Trinajstić information content (AvgIpc) is 2.62. The molecule has 0 saturated heterocycles. The molecular weight excluding hydrogens is 328 g/mol. The molecule has 0 saturated carbocycles. The van der Waals surface area contributed by atoms with Gasteiger partial charge in [0.25, 0.3) is 0 Å². The Hall–Kier alpha value is -2.82. The maximum absolute atomic E-state index is 12.3. The molecule has 0 fully saturated rings. The summed E-state index contributed by atoms with van der Waals surface area (Å²) < 4.78 is 5.29. The standard InChI is InChI=1S/C21H26N2O3/c1-15-8-7-9-16(2)21(15)23(17(3)24)13-12-20(25)22-14-18-10-5-6-11-19(18)26-4/h5-11H,12-14H2,1-4H3,(H,22,25). The molecule has 2 aromatic carbocycles. The van der Waals surface area contributed by atoms with Gasteiger partial charge in [0.15, 0.2) is 0 Å². The van der Waals surface area contributed by atoms with Crippen molar-refractivity contribution >= 4 is 17.5 Å². The number of amides is 2. The SMILES string of the molecule is COc1ccccc1CNC(=O)CCN(C(C)=O)c1c(C)cccc1C. The summed E-state index contributed by atoms with van der Waals surface area (Å²) in [6.45, 7) is 6.21. The van der Waals surface area contributed by atoms with Crippen molar-refractivity contribution in [2.45, 2.75) is 33.7 Å². The number of nitrogens with zero attached hydrogens (tertiary/aromatic N) is 1. The van der Waals surface area contributed by atoms with Crippen molar-refractivity contribution in [3.8, 4) is 5.75 Å². The van der Waals surface area contributed by atoms with Crippen LogP contribution in [0.1, 0.15) is 30.0 Å². The maximum atomic E-state index is 12.3. The molecular formula is C21H26N2O3. The Bertz CT molecular complexity index is 766. The highest BCUT2D eigenvalue weighted by Crippen LogP contribution is 2.25. The normalized spacial score (nSPS) is 10.3. The number of ether oxygens (including phenoxy) is 1. The molecule has 2 rings (SSSR count). The van der Waals surface area contributed by atoms with Gasteiger partial charge in [0.05, 0.1) is 7.11 Å². The predicted octanol–water partition coefficient (Wildman–Crippen LogP) is 3.37. The summed E-state index contributed by atoms with van der Waals surface area (Å²) in [6.07, 6.45) is 0.239. The van der Waals surface area contributed by atoms with E-state index >= 15 is 0 Å². The fourth-order valence-electron chi connectivity index (χ4n) is 3.00. The topological polar surface area (TPSA) is 58.6 Å². The number of carbonyl (C=O) groups excluding carboxylic acids is 2. The average molecular weight is 354 g/mol. The van der Waals surface area contributed by atoms with Gasteiger partial charge < -0.3 is 15.0 Å². The van der Waals surface area contributed by atoms with Crippen LogP contribution in [-0.4, -0.2) is 25.5 Å². The number of hydrogen-bond donors (Lipinski definition) is 1.